The Bertz CT molecular complexity index is 1180. The normalized spacial score (nSPS) is 24.9. The zero-order chi connectivity index (χ0) is 26.4. The standard InChI is InChI=1S/C29H28Cl3NO5/c30-29(31,32)28-33-27-26(36-18-22-14-8-3-9-15-22)25(38-28)24(35-17-21-12-6-2-7-13-21)23(37-27)19-34-16-20-10-4-1-5-11-20/h1-15,23-27H,16-19H2/t23-,24-,25+,26+,27-/m1/s1. The van der Waals surface area contributed by atoms with Crippen LogP contribution < -0.4 is 0 Å². The van der Waals surface area contributed by atoms with E-state index in [1.165, 1.54) is 0 Å². The van der Waals surface area contributed by atoms with E-state index in [2.05, 4.69) is 4.99 Å². The molecule has 5 atom stereocenters. The van der Waals surface area contributed by atoms with Gasteiger partial charge in [0.2, 0.25) is 5.90 Å². The lowest BCUT2D eigenvalue weighted by molar-refractivity contribution is -0.263. The molecule has 0 N–H and O–H groups in total. The third kappa shape index (κ3) is 7.07. The largest absolute Gasteiger partial charge is 0.469 e. The van der Waals surface area contributed by atoms with Gasteiger partial charge in [0.15, 0.2) is 12.3 Å². The number of aliphatic imine (C=N–C) groups is 1. The molecule has 1 fully saturated rings. The van der Waals surface area contributed by atoms with E-state index in [0.29, 0.717) is 19.8 Å². The number of hydrogen-bond acceptors (Lipinski definition) is 6. The third-order valence-corrected chi connectivity index (χ3v) is 6.79. The van der Waals surface area contributed by atoms with Gasteiger partial charge in [-0.1, -0.05) is 126 Å². The van der Waals surface area contributed by atoms with Crippen LogP contribution in [0.25, 0.3) is 0 Å². The van der Waals surface area contributed by atoms with E-state index in [1.54, 1.807) is 0 Å². The minimum atomic E-state index is -1.86. The van der Waals surface area contributed by atoms with Crippen molar-refractivity contribution in [3.05, 3.63) is 108 Å². The Morgan fingerprint density at radius 1 is 0.684 bits per heavy atom. The molecule has 0 saturated carbocycles. The van der Waals surface area contributed by atoms with Crippen LogP contribution >= 0.6 is 34.8 Å². The fourth-order valence-electron chi connectivity index (χ4n) is 4.46. The minimum Gasteiger partial charge on any atom is -0.469 e. The van der Waals surface area contributed by atoms with Gasteiger partial charge >= 0.3 is 0 Å². The number of ether oxygens (including phenoxy) is 5. The molecule has 200 valence electrons. The molecule has 3 aromatic carbocycles. The average Bonchev–Trinajstić information content (AvgIpc) is 2.92. The molecule has 0 aromatic heterocycles. The van der Waals surface area contributed by atoms with Crippen molar-refractivity contribution in [1.29, 1.82) is 0 Å². The van der Waals surface area contributed by atoms with E-state index >= 15 is 0 Å². The van der Waals surface area contributed by atoms with Crippen molar-refractivity contribution in [1.82, 2.24) is 0 Å². The van der Waals surface area contributed by atoms with Gasteiger partial charge in [-0.3, -0.25) is 0 Å². The van der Waals surface area contributed by atoms with Crippen LogP contribution in [0.2, 0.25) is 0 Å². The first-order chi connectivity index (χ1) is 18.5. The van der Waals surface area contributed by atoms with Crippen LogP contribution in [0, 0.1) is 0 Å². The monoisotopic (exact) mass is 575 g/mol. The molecule has 0 radical (unpaired) electrons. The predicted octanol–water partition coefficient (Wildman–Crippen LogP) is 6.27. The second kappa shape index (κ2) is 12.8. The SMILES string of the molecule is ClC(Cl)(Cl)C1=N[C@@H]2O[C@H](COCc3ccccc3)[C@@H](OCc3ccccc3)[C@H](O1)[C@@H]2OCc1ccccc1. The van der Waals surface area contributed by atoms with Crippen LogP contribution in [0.5, 0.6) is 0 Å². The molecule has 2 aliphatic heterocycles. The molecule has 0 aliphatic carbocycles. The van der Waals surface area contributed by atoms with Gasteiger partial charge < -0.3 is 23.7 Å². The first-order valence-corrected chi connectivity index (χ1v) is 13.5. The van der Waals surface area contributed by atoms with Gasteiger partial charge in [0.05, 0.1) is 26.4 Å². The Hall–Kier alpha value is -2.16. The average molecular weight is 577 g/mol. The quantitative estimate of drug-likeness (QED) is 0.267. The topological polar surface area (TPSA) is 58.5 Å². The van der Waals surface area contributed by atoms with Gasteiger partial charge in [-0.2, -0.15) is 0 Å². The van der Waals surface area contributed by atoms with E-state index in [1.807, 2.05) is 91.0 Å². The fraction of sp³-hybridized carbons (Fsp3) is 0.345. The number of alkyl halides is 3. The molecule has 38 heavy (non-hydrogen) atoms. The second-order valence-corrected chi connectivity index (χ2v) is 11.4. The molecule has 0 amide bonds. The van der Waals surface area contributed by atoms with Crippen molar-refractivity contribution in [2.24, 2.45) is 4.99 Å². The third-order valence-electron chi connectivity index (χ3n) is 6.31. The van der Waals surface area contributed by atoms with Gasteiger partial charge in [-0.15, -0.1) is 0 Å². The maximum absolute atomic E-state index is 6.42. The molecular formula is C29H28Cl3NO5. The summed E-state index contributed by atoms with van der Waals surface area (Å²) in [5.74, 6) is -0.0472. The van der Waals surface area contributed by atoms with Crippen LogP contribution in [0.3, 0.4) is 0 Å². The highest BCUT2D eigenvalue weighted by Crippen LogP contribution is 2.39. The maximum atomic E-state index is 6.42. The van der Waals surface area contributed by atoms with Crippen molar-refractivity contribution >= 4 is 40.7 Å². The zero-order valence-electron chi connectivity index (χ0n) is 20.5. The highest BCUT2D eigenvalue weighted by atomic mass is 35.6. The van der Waals surface area contributed by atoms with Gasteiger partial charge in [0, 0.05) is 0 Å². The smallest absolute Gasteiger partial charge is 0.266 e. The Labute approximate surface area is 237 Å². The van der Waals surface area contributed by atoms with E-state index in [9.17, 15) is 0 Å². The van der Waals surface area contributed by atoms with Crippen molar-refractivity contribution in [2.75, 3.05) is 6.61 Å². The number of halogens is 3. The summed E-state index contributed by atoms with van der Waals surface area (Å²) in [7, 11) is 0. The lowest BCUT2D eigenvalue weighted by atomic mass is 9.96. The summed E-state index contributed by atoms with van der Waals surface area (Å²) in [6, 6.07) is 29.6. The lowest BCUT2D eigenvalue weighted by Crippen LogP contribution is -2.64. The Morgan fingerprint density at radius 3 is 1.71 bits per heavy atom. The molecule has 2 heterocycles. The first kappa shape index (κ1) is 27.4. The highest BCUT2D eigenvalue weighted by molar-refractivity contribution is 6.76. The van der Waals surface area contributed by atoms with Crippen LogP contribution in [0.4, 0.5) is 0 Å². The second-order valence-electron chi connectivity index (χ2n) is 9.10. The molecule has 6 nitrogen and oxygen atoms in total. The number of rotatable bonds is 10. The van der Waals surface area contributed by atoms with Gasteiger partial charge in [-0.25, -0.2) is 4.99 Å². The number of hydrogen-bond donors (Lipinski definition) is 0. The molecule has 5 rings (SSSR count). The minimum absolute atomic E-state index is 0.0472. The Balaban J connectivity index is 1.37. The Kier molecular flexibility index (Phi) is 9.23. The molecule has 0 spiro atoms. The summed E-state index contributed by atoms with van der Waals surface area (Å²) >= 11 is 18.5. The van der Waals surface area contributed by atoms with Crippen molar-refractivity contribution in [3.8, 4) is 0 Å². The van der Waals surface area contributed by atoms with Crippen molar-refractivity contribution < 1.29 is 23.7 Å². The van der Waals surface area contributed by atoms with E-state index in [4.69, 9.17) is 58.5 Å². The van der Waals surface area contributed by atoms with Crippen LogP contribution in [0.15, 0.2) is 96.0 Å². The van der Waals surface area contributed by atoms with Crippen LogP contribution in [-0.4, -0.2) is 46.9 Å². The van der Waals surface area contributed by atoms with E-state index < -0.39 is 34.4 Å². The van der Waals surface area contributed by atoms with Crippen LogP contribution in [0.1, 0.15) is 16.7 Å². The van der Waals surface area contributed by atoms with Crippen molar-refractivity contribution in [3.63, 3.8) is 0 Å². The molecule has 2 aliphatic rings. The van der Waals surface area contributed by atoms with Gasteiger partial charge in [0.25, 0.3) is 3.79 Å². The zero-order valence-corrected chi connectivity index (χ0v) is 22.8. The molecule has 3 aromatic rings. The number of benzene rings is 3. The first-order valence-electron chi connectivity index (χ1n) is 12.4. The summed E-state index contributed by atoms with van der Waals surface area (Å²) in [6.45, 7) is 1.36. The van der Waals surface area contributed by atoms with Crippen molar-refractivity contribution in [2.45, 2.75) is 54.3 Å². The highest BCUT2D eigenvalue weighted by Gasteiger charge is 2.54. The fourth-order valence-corrected chi connectivity index (χ4v) is 4.74. The number of nitrogens with zero attached hydrogens (tertiary/aromatic N) is 1. The molecular weight excluding hydrogens is 549 g/mol. The summed E-state index contributed by atoms with van der Waals surface area (Å²) < 4.78 is 29.5. The predicted molar refractivity (Wildman–Crippen MR) is 147 cm³/mol. The van der Waals surface area contributed by atoms with E-state index in [-0.39, 0.29) is 12.5 Å². The summed E-state index contributed by atoms with van der Waals surface area (Å²) in [5.41, 5.74) is 3.07. The lowest BCUT2D eigenvalue weighted by Gasteiger charge is -2.48. The molecule has 2 bridgehead atoms. The molecule has 0 unspecified atom stereocenters. The summed E-state index contributed by atoms with van der Waals surface area (Å²) in [6.07, 6.45) is -3.06. The summed E-state index contributed by atoms with van der Waals surface area (Å²) in [5, 5.41) is 0. The van der Waals surface area contributed by atoms with Crippen LogP contribution in [-0.2, 0) is 43.5 Å². The maximum Gasteiger partial charge on any atom is 0.266 e. The van der Waals surface area contributed by atoms with Gasteiger partial charge in [-0.05, 0) is 16.7 Å². The summed E-state index contributed by atoms with van der Waals surface area (Å²) in [4.78, 5) is 4.48. The Morgan fingerprint density at radius 2 is 1.18 bits per heavy atom. The van der Waals surface area contributed by atoms with Gasteiger partial charge in [0.1, 0.15) is 18.3 Å². The van der Waals surface area contributed by atoms with E-state index in [0.717, 1.165) is 16.7 Å². The molecule has 9 heteroatoms. The number of fused-ring (bicyclic) bond motifs is 2. The molecule has 1 saturated heterocycles.